The smallest absolute Gasteiger partial charge is 0.313 e. The zero-order chi connectivity index (χ0) is 18.4. The van der Waals surface area contributed by atoms with E-state index < -0.39 is 23.4 Å². The van der Waals surface area contributed by atoms with Gasteiger partial charge in [-0.15, -0.1) is 0 Å². The molecule has 2 N–H and O–H groups in total. The fraction of sp³-hybridized carbons (Fsp3) is 0.176. The van der Waals surface area contributed by atoms with Crippen LogP contribution in [0.15, 0.2) is 40.9 Å². The summed E-state index contributed by atoms with van der Waals surface area (Å²) in [5, 5.41) is 4.59. The van der Waals surface area contributed by atoms with Crippen LogP contribution in [0.3, 0.4) is 0 Å². The Morgan fingerprint density at radius 2 is 1.68 bits per heavy atom. The van der Waals surface area contributed by atoms with E-state index in [9.17, 15) is 18.4 Å². The van der Waals surface area contributed by atoms with Crippen LogP contribution >= 0.6 is 15.9 Å². The SMILES string of the molecule is COc1ccc(CCNC(=O)C(=O)Nc2cc(F)c(Br)c(F)c2)cc1. The van der Waals surface area contributed by atoms with Crippen molar-refractivity contribution in [1.29, 1.82) is 0 Å². The highest BCUT2D eigenvalue weighted by Crippen LogP contribution is 2.23. The van der Waals surface area contributed by atoms with E-state index in [0.717, 1.165) is 23.4 Å². The summed E-state index contributed by atoms with van der Waals surface area (Å²) in [5.41, 5.74) is 0.812. The van der Waals surface area contributed by atoms with Gasteiger partial charge in [-0.2, -0.15) is 0 Å². The lowest BCUT2D eigenvalue weighted by Crippen LogP contribution is -2.36. The van der Waals surface area contributed by atoms with E-state index >= 15 is 0 Å². The van der Waals surface area contributed by atoms with Crippen LogP contribution in [-0.4, -0.2) is 25.5 Å². The molecule has 2 aromatic rings. The van der Waals surface area contributed by atoms with E-state index in [-0.39, 0.29) is 16.7 Å². The summed E-state index contributed by atoms with van der Waals surface area (Å²) in [4.78, 5) is 23.5. The number of anilines is 1. The van der Waals surface area contributed by atoms with Gasteiger partial charge in [-0.1, -0.05) is 12.1 Å². The number of nitrogens with one attached hydrogen (secondary N) is 2. The molecule has 0 fully saturated rings. The van der Waals surface area contributed by atoms with E-state index in [2.05, 4.69) is 26.6 Å². The molecule has 0 aliphatic carbocycles. The van der Waals surface area contributed by atoms with Crippen molar-refractivity contribution in [2.24, 2.45) is 0 Å². The Morgan fingerprint density at radius 1 is 1.08 bits per heavy atom. The van der Waals surface area contributed by atoms with Gasteiger partial charge < -0.3 is 15.4 Å². The first-order valence-electron chi connectivity index (χ1n) is 7.27. The Morgan fingerprint density at radius 3 is 2.24 bits per heavy atom. The minimum Gasteiger partial charge on any atom is -0.497 e. The molecule has 0 saturated heterocycles. The molecule has 0 spiro atoms. The zero-order valence-electron chi connectivity index (χ0n) is 13.2. The molecule has 0 aliphatic heterocycles. The predicted octanol–water partition coefficient (Wildman–Crippen LogP) is 3.03. The van der Waals surface area contributed by atoms with Crippen LogP contribution < -0.4 is 15.4 Å². The highest BCUT2D eigenvalue weighted by Gasteiger charge is 2.15. The number of carbonyl (C=O) groups excluding carboxylic acids is 2. The molecular formula is C17H15BrF2N2O3. The lowest BCUT2D eigenvalue weighted by atomic mass is 10.1. The van der Waals surface area contributed by atoms with Crippen molar-refractivity contribution < 1.29 is 23.1 Å². The summed E-state index contributed by atoms with van der Waals surface area (Å²) >= 11 is 2.72. The minimum atomic E-state index is -1.00. The third-order valence-electron chi connectivity index (χ3n) is 3.31. The Hall–Kier alpha value is -2.48. The molecule has 0 aliphatic rings. The van der Waals surface area contributed by atoms with Crippen molar-refractivity contribution >= 4 is 33.4 Å². The van der Waals surface area contributed by atoms with Gasteiger partial charge in [0.15, 0.2) is 0 Å². The Balaban J connectivity index is 1.84. The fourth-order valence-corrected chi connectivity index (χ4v) is 2.24. The molecule has 0 heterocycles. The Kier molecular flexibility index (Phi) is 6.46. The normalized spacial score (nSPS) is 10.2. The lowest BCUT2D eigenvalue weighted by Gasteiger charge is -2.08. The molecule has 25 heavy (non-hydrogen) atoms. The molecule has 8 heteroatoms. The molecule has 0 unspecified atom stereocenters. The quantitative estimate of drug-likeness (QED) is 0.585. The van der Waals surface area contributed by atoms with Gasteiger partial charge in [0, 0.05) is 12.2 Å². The number of rotatable bonds is 5. The third-order valence-corrected chi connectivity index (χ3v) is 4.06. The molecule has 0 bridgehead atoms. The van der Waals surface area contributed by atoms with Crippen molar-refractivity contribution in [2.75, 3.05) is 19.0 Å². The number of amides is 2. The van der Waals surface area contributed by atoms with Crippen molar-refractivity contribution in [3.63, 3.8) is 0 Å². The molecule has 132 valence electrons. The number of benzene rings is 2. The van der Waals surface area contributed by atoms with E-state index in [0.29, 0.717) is 6.42 Å². The summed E-state index contributed by atoms with van der Waals surface area (Å²) in [5.74, 6) is -2.93. The number of halogens is 3. The van der Waals surface area contributed by atoms with Crippen LogP contribution in [0.25, 0.3) is 0 Å². The zero-order valence-corrected chi connectivity index (χ0v) is 14.8. The van der Waals surface area contributed by atoms with Gasteiger partial charge in [-0.05, 0) is 52.2 Å². The average Bonchev–Trinajstić information content (AvgIpc) is 2.60. The molecule has 0 aromatic heterocycles. The minimum absolute atomic E-state index is 0.145. The molecule has 2 aromatic carbocycles. The Bertz CT molecular complexity index is 759. The van der Waals surface area contributed by atoms with Gasteiger partial charge in [0.05, 0.1) is 11.6 Å². The van der Waals surface area contributed by atoms with Crippen LogP contribution in [0.1, 0.15) is 5.56 Å². The highest BCUT2D eigenvalue weighted by molar-refractivity contribution is 9.10. The summed E-state index contributed by atoms with van der Waals surface area (Å²) in [6.07, 6.45) is 0.518. The number of hydrogen-bond donors (Lipinski definition) is 2. The predicted molar refractivity (Wildman–Crippen MR) is 92.4 cm³/mol. The van der Waals surface area contributed by atoms with Crippen molar-refractivity contribution in [3.05, 3.63) is 58.1 Å². The number of ether oxygens (including phenoxy) is 1. The van der Waals surface area contributed by atoms with Gasteiger partial charge in [0.25, 0.3) is 0 Å². The van der Waals surface area contributed by atoms with Crippen molar-refractivity contribution in [3.8, 4) is 5.75 Å². The maximum Gasteiger partial charge on any atom is 0.313 e. The first-order chi connectivity index (χ1) is 11.9. The first kappa shape index (κ1) is 18.9. The lowest BCUT2D eigenvalue weighted by molar-refractivity contribution is -0.136. The maximum atomic E-state index is 13.4. The summed E-state index contributed by atoms with van der Waals surface area (Å²) in [6, 6.07) is 9.10. The van der Waals surface area contributed by atoms with Gasteiger partial charge in [0.2, 0.25) is 0 Å². The largest absolute Gasteiger partial charge is 0.497 e. The topological polar surface area (TPSA) is 67.4 Å². The van der Waals surface area contributed by atoms with E-state index in [4.69, 9.17) is 4.74 Å². The van der Waals surface area contributed by atoms with Gasteiger partial charge in [-0.25, -0.2) is 8.78 Å². The molecule has 0 radical (unpaired) electrons. The average molecular weight is 413 g/mol. The van der Waals surface area contributed by atoms with Gasteiger partial charge >= 0.3 is 11.8 Å². The number of hydrogen-bond acceptors (Lipinski definition) is 3. The van der Waals surface area contributed by atoms with Crippen LogP contribution in [0.2, 0.25) is 0 Å². The molecular weight excluding hydrogens is 398 g/mol. The maximum absolute atomic E-state index is 13.4. The summed E-state index contributed by atoms with van der Waals surface area (Å²) in [7, 11) is 1.57. The second kappa shape index (κ2) is 8.57. The van der Waals surface area contributed by atoms with E-state index in [1.807, 2.05) is 12.1 Å². The molecule has 2 amide bonds. The van der Waals surface area contributed by atoms with Crippen LogP contribution in [-0.2, 0) is 16.0 Å². The Labute approximate surface area is 151 Å². The first-order valence-corrected chi connectivity index (χ1v) is 8.06. The summed E-state index contributed by atoms with van der Waals surface area (Å²) < 4.78 is 31.5. The molecule has 0 atom stereocenters. The standard InChI is InChI=1S/C17H15BrF2N2O3/c1-25-12-4-2-10(3-5-12)6-7-21-16(23)17(24)22-11-8-13(19)15(18)14(20)9-11/h2-5,8-9H,6-7H2,1H3,(H,21,23)(H,22,24). The van der Waals surface area contributed by atoms with Crippen LogP contribution in [0.5, 0.6) is 5.75 Å². The third kappa shape index (κ3) is 5.25. The van der Waals surface area contributed by atoms with E-state index in [1.54, 1.807) is 19.2 Å². The fourth-order valence-electron chi connectivity index (χ4n) is 2.01. The molecule has 2 rings (SSSR count). The second-order valence-corrected chi connectivity index (χ2v) is 5.85. The highest BCUT2D eigenvalue weighted by atomic mass is 79.9. The van der Waals surface area contributed by atoms with Gasteiger partial charge in [-0.3, -0.25) is 9.59 Å². The van der Waals surface area contributed by atoms with Crippen LogP contribution in [0.4, 0.5) is 14.5 Å². The number of carbonyl (C=O) groups is 2. The number of methoxy groups -OCH3 is 1. The molecule has 5 nitrogen and oxygen atoms in total. The van der Waals surface area contributed by atoms with Crippen molar-refractivity contribution in [2.45, 2.75) is 6.42 Å². The van der Waals surface area contributed by atoms with Crippen molar-refractivity contribution in [1.82, 2.24) is 5.32 Å². The van der Waals surface area contributed by atoms with Gasteiger partial charge in [0.1, 0.15) is 17.4 Å². The molecule has 0 saturated carbocycles. The summed E-state index contributed by atoms with van der Waals surface area (Å²) in [6.45, 7) is 0.238. The monoisotopic (exact) mass is 412 g/mol. The second-order valence-electron chi connectivity index (χ2n) is 5.06. The van der Waals surface area contributed by atoms with Crippen LogP contribution in [0, 0.1) is 11.6 Å². The van der Waals surface area contributed by atoms with E-state index in [1.165, 1.54) is 0 Å².